The Morgan fingerprint density at radius 3 is 2.14 bits per heavy atom. The molecule has 2 amide bonds. The number of fused-ring (bicyclic) bond motifs is 1. The molecule has 2 aromatic rings. The van der Waals surface area contributed by atoms with Gasteiger partial charge < -0.3 is 14.0 Å². The minimum absolute atomic E-state index is 0.366. The largest absolute Gasteiger partial charge is 0.465 e. The molecule has 2 atom stereocenters. The second kappa shape index (κ2) is 9.69. The van der Waals surface area contributed by atoms with E-state index in [1.807, 2.05) is 23.6 Å². The van der Waals surface area contributed by atoms with E-state index in [-0.39, 0.29) is 11.8 Å². The van der Waals surface area contributed by atoms with Gasteiger partial charge in [0.25, 0.3) is 0 Å². The summed E-state index contributed by atoms with van der Waals surface area (Å²) in [4.78, 5) is 62.8. The summed E-state index contributed by atoms with van der Waals surface area (Å²) in [5.74, 6) is -3.23. The van der Waals surface area contributed by atoms with Gasteiger partial charge in [-0.15, -0.1) is 0 Å². The number of Topliss-reactive ketones (excluding diaryl/α,β-unsaturated/α-hetero) is 1. The number of likely N-dealkylation sites (tertiary alicyclic amines) is 1. The number of hydrogen-bond donors (Lipinski definition) is 0. The quantitative estimate of drug-likeness (QED) is 0.260. The van der Waals surface area contributed by atoms with Gasteiger partial charge >= 0.3 is 11.9 Å². The maximum Gasteiger partial charge on any atom is 0.337 e. The number of aromatic nitrogens is 1. The molecule has 0 spiro atoms. The number of ketones is 1. The number of imide groups is 1. The second-order valence-electron chi connectivity index (χ2n) is 8.66. The molecular weight excluding hydrogens is 452 g/mol. The maximum absolute atomic E-state index is 12.8. The SMILES string of the molecule is COC(=O)c1ccc(-n2c(C)cc(C(=O)COC(=O)CN3C(=O)C4CC=CCC4C3=O)c2C)cc1. The van der Waals surface area contributed by atoms with Crippen molar-refractivity contribution in [3.8, 4) is 5.69 Å². The standard InChI is InChI=1S/C26H26N2O7/c1-15-12-21(16(2)28(15)18-10-8-17(9-11-18)26(33)34-3)22(29)14-35-23(30)13-27-24(31)19-6-4-5-7-20(19)25(27)32/h4-5,8-12,19-20H,6-7,13-14H2,1-3H3. The third-order valence-corrected chi connectivity index (χ3v) is 6.53. The maximum atomic E-state index is 12.8. The van der Waals surface area contributed by atoms with Crippen molar-refractivity contribution in [2.75, 3.05) is 20.3 Å². The fourth-order valence-electron chi connectivity index (χ4n) is 4.73. The Labute approximate surface area is 202 Å². The number of hydrogen-bond acceptors (Lipinski definition) is 7. The Hall–Kier alpha value is -4.01. The van der Waals surface area contributed by atoms with Crippen LogP contribution in [0.2, 0.25) is 0 Å². The van der Waals surface area contributed by atoms with Crippen LogP contribution in [0.3, 0.4) is 0 Å². The summed E-state index contributed by atoms with van der Waals surface area (Å²) in [5.41, 5.74) is 2.99. The third-order valence-electron chi connectivity index (χ3n) is 6.53. The smallest absolute Gasteiger partial charge is 0.337 e. The molecule has 182 valence electrons. The first-order valence-corrected chi connectivity index (χ1v) is 11.3. The van der Waals surface area contributed by atoms with Crippen molar-refractivity contribution >= 4 is 29.5 Å². The number of carbonyl (C=O) groups is 5. The van der Waals surface area contributed by atoms with Crippen LogP contribution < -0.4 is 0 Å². The number of esters is 2. The molecule has 1 aromatic carbocycles. The summed E-state index contributed by atoms with van der Waals surface area (Å²) < 4.78 is 11.7. The lowest BCUT2D eigenvalue weighted by atomic mass is 9.85. The molecule has 0 saturated carbocycles. The minimum Gasteiger partial charge on any atom is -0.465 e. The number of rotatable bonds is 7. The molecule has 2 aliphatic rings. The van der Waals surface area contributed by atoms with Crippen molar-refractivity contribution in [1.29, 1.82) is 0 Å². The Balaban J connectivity index is 1.40. The summed E-state index contributed by atoms with van der Waals surface area (Å²) in [6.45, 7) is 2.61. The fraction of sp³-hybridized carbons (Fsp3) is 0.346. The highest BCUT2D eigenvalue weighted by molar-refractivity contribution is 6.07. The van der Waals surface area contributed by atoms with E-state index in [2.05, 4.69) is 0 Å². The van der Waals surface area contributed by atoms with Crippen molar-refractivity contribution in [1.82, 2.24) is 9.47 Å². The van der Waals surface area contributed by atoms with Gasteiger partial charge in [-0.05, 0) is 57.0 Å². The normalized spacial score (nSPS) is 19.0. The average molecular weight is 479 g/mol. The zero-order valence-electron chi connectivity index (χ0n) is 19.8. The van der Waals surface area contributed by atoms with Crippen LogP contribution in [0.15, 0.2) is 42.5 Å². The molecule has 35 heavy (non-hydrogen) atoms. The number of methoxy groups -OCH3 is 1. The van der Waals surface area contributed by atoms with Crippen LogP contribution in [0.25, 0.3) is 5.69 Å². The minimum atomic E-state index is -0.807. The van der Waals surface area contributed by atoms with Gasteiger partial charge in [0.15, 0.2) is 6.61 Å². The Morgan fingerprint density at radius 2 is 1.57 bits per heavy atom. The molecule has 1 aromatic heterocycles. The van der Waals surface area contributed by atoms with Gasteiger partial charge in [0, 0.05) is 22.6 Å². The van der Waals surface area contributed by atoms with Crippen molar-refractivity contribution in [2.24, 2.45) is 11.8 Å². The number of amides is 2. The first kappa shape index (κ1) is 24.1. The molecule has 0 radical (unpaired) electrons. The van der Waals surface area contributed by atoms with E-state index in [0.717, 1.165) is 16.3 Å². The summed E-state index contributed by atoms with van der Waals surface area (Å²) in [6.07, 6.45) is 4.72. The molecule has 1 fully saturated rings. The van der Waals surface area contributed by atoms with E-state index < -0.39 is 42.7 Å². The van der Waals surface area contributed by atoms with Crippen LogP contribution >= 0.6 is 0 Å². The Morgan fingerprint density at radius 1 is 0.971 bits per heavy atom. The van der Waals surface area contributed by atoms with Crippen molar-refractivity contribution in [3.63, 3.8) is 0 Å². The molecule has 2 unspecified atom stereocenters. The zero-order chi connectivity index (χ0) is 25.3. The van der Waals surface area contributed by atoms with E-state index in [9.17, 15) is 24.0 Å². The summed E-state index contributed by atoms with van der Waals surface area (Å²) in [7, 11) is 1.31. The third kappa shape index (κ3) is 4.53. The molecule has 0 N–H and O–H groups in total. The number of allylic oxidation sites excluding steroid dienone is 2. The summed E-state index contributed by atoms with van der Waals surface area (Å²) >= 11 is 0. The lowest BCUT2D eigenvalue weighted by Gasteiger charge is -2.14. The highest BCUT2D eigenvalue weighted by Gasteiger charge is 2.47. The Bertz CT molecular complexity index is 1210. The van der Waals surface area contributed by atoms with E-state index in [4.69, 9.17) is 9.47 Å². The van der Waals surface area contributed by atoms with E-state index in [1.165, 1.54) is 7.11 Å². The number of ether oxygens (including phenoxy) is 2. The molecule has 2 heterocycles. The molecule has 0 bridgehead atoms. The fourth-order valence-corrected chi connectivity index (χ4v) is 4.73. The first-order valence-electron chi connectivity index (χ1n) is 11.3. The lowest BCUT2D eigenvalue weighted by Crippen LogP contribution is -2.37. The number of nitrogens with zero attached hydrogens (tertiary/aromatic N) is 2. The molecule has 9 heteroatoms. The van der Waals surface area contributed by atoms with Crippen LogP contribution in [-0.4, -0.2) is 59.3 Å². The number of benzene rings is 1. The highest BCUT2D eigenvalue weighted by atomic mass is 16.5. The molecule has 9 nitrogen and oxygen atoms in total. The summed E-state index contributed by atoms with van der Waals surface area (Å²) in [5, 5.41) is 0. The number of aryl methyl sites for hydroxylation is 1. The van der Waals surface area contributed by atoms with Crippen molar-refractivity contribution < 1.29 is 33.4 Å². The van der Waals surface area contributed by atoms with E-state index >= 15 is 0 Å². The average Bonchev–Trinajstić information content (AvgIpc) is 3.30. The van der Waals surface area contributed by atoms with Crippen molar-refractivity contribution in [3.05, 3.63) is 65.0 Å². The second-order valence-corrected chi connectivity index (χ2v) is 8.66. The van der Waals surface area contributed by atoms with Crippen LogP contribution in [-0.2, 0) is 23.9 Å². The van der Waals surface area contributed by atoms with Gasteiger partial charge in [-0.2, -0.15) is 0 Å². The summed E-state index contributed by atoms with van der Waals surface area (Å²) in [6, 6.07) is 8.47. The Kier molecular flexibility index (Phi) is 6.68. The molecule has 1 aliphatic carbocycles. The number of carbonyl (C=O) groups excluding carboxylic acids is 5. The van der Waals surface area contributed by atoms with Gasteiger partial charge in [0.1, 0.15) is 6.54 Å². The van der Waals surface area contributed by atoms with Gasteiger partial charge in [-0.25, -0.2) is 4.79 Å². The molecule has 1 aliphatic heterocycles. The predicted molar refractivity (Wildman–Crippen MR) is 124 cm³/mol. The highest BCUT2D eigenvalue weighted by Crippen LogP contribution is 2.34. The van der Waals surface area contributed by atoms with Crippen LogP contribution in [0.4, 0.5) is 0 Å². The van der Waals surface area contributed by atoms with Gasteiger partial charge in [-0.3, -0.25) is 24.1 Å². The topological polar surface area (TPSA) is 112 Å². The van der Waals surface area contributed by atoms with Gasteiger partial charge in [0.05, 0.1) is 24.5 Å². The predicted octanol–water partition coefficient (Wildman–Crippen LogP) is 2.56. The first-order chi connectivity index (χ1) is 16.7. The molecule has 1 saturated heterocycles. The monoisotopic (exact) mass is 478 g/mol. The van der Waals surface area contributed by atoms with Gasteiger partial charge in [-0.1, -0.05) is 12.2 Å². The van der Waals surface area contributed by atoms with Crippen molar-refractivity contribution in [2.45, 2.75) is 26.7 Å². The van der Waals surface area contributed by atoms with E-state index in [0.29, 0.717) is 29.7 Å². The van der Waals surface area contributed by atoms with Gasteiger partial charge in [0.2, 0.25) is 17.6 Å². The van der Waals surface area contributed by atoms with E-state index in [1.54, 1.807) is 37.3 Å². The zero-order valence-corrected chi connectivity index (χ0v) is 19.8. The van der Waals surface area contributed by atoms with Crippen LogP contribution in [0.1, 0.15) is 44.9 Å². The molecular formula is C26H26N2O7. The molecule has 4 rings (SSSR count). The lowest BCUT2D eigenvalue weighted by molar-refractivity contribution is -0.152. The van der Waals surface area contributed by atoms with Crippen LogP contribution in [0.5, 0.6) is 0 Å². The van der Waals surface area contributed by atoms with Crippen LogP contribution in [0, 0.1) is 25.7 Å².